The molecule has 1 heterocycles. The first-order valence-electron chi connectivity index (χ1n) is 5.33. The van der Waals surface area contributed by atoms with Crippen LogP contribution < -0.4 is 5.32 Å². The summed E-state index contributed by atoms with van der Waals surface area (Å²) in [5.41, 5.74) is 0.0318. The summed E-state index contributed by atoms with van der Waals surface area (Å²) < 4.78 is 1.65. The molecule has 0 aliphatic heterocycles. The van der Waals surface area contributed by atoms with Crippen molar-refractivity contribution in [1.82, 2.24) is 15.1 Å². The van der Waals surface area contributed by atoms with Crippen molar-refractivity contribution in [3.05, 3.63) is 18.0 Å². The van der Waals surface area contributed by atoms with Crippen molar-refractivity contribution in [3.8, 4) is 0 Å². The highest BCUT2D eigenvalue weighted by molar-refractivity contribution is 5.78. The Morgan fingerprint density at radius 3 is 2.69 bits per heavy atom. The second-order valence-corrected chi connectivity index (χ2v) is 4.65. The van der Waals surface area contributed by atoms with Crippen LogP contribution in [0.3, 0.4) is 0 Å². The molecule has 0 saturated heterocycles. The van der Waals surface area contributed by atoms with Crippen LogP contribution in [0.15, 0.2) is 12.4 Å². The lowest BCUT2D eigenvalue weighted by atomic mass is 10.0. The monoisotopic (exact) mass is 225 g/mol. The maximum absolute atomic E-state index is 11.3. The Morgan fingerprint density at radius 1 is 1.69 bits per heavy atom. The van der Waals surface area contributed by atoms with Crippen molar-refractivity contribution in [1.29, 1.82) is 0 Å². The lowest BCUT2D eigenvalue weighted by Gasteiger charge is -2.28. The van der Waals surface area contributed by atoms with Gasteiger partial charge in [0.1, 0.15) is 5.54 Å². The predicted octanol–water partition coefficient (Wildman–Crippen LogP) is 1.03. The zero-order valence-electron chi connectivity index (χ0n) is 10.2. The largest absolute Gasteiger partial charge is 0.480 e. The third-order valence-electron chi connectivity index (χ3n) is 2.32. The smallest absolute Gasteiger partial charge is 0.325 e. The van der Waals surface area contributed by atoms with Gasteiger partial charge in [-0.15, -0.1) is 0 Å². The van der Waals surface area contributed by atoms with E-state index >= 15 is 0 Å². The van der Waals surface area contributed by atoms with Gasteiger partial charge in [0, 0.05) is 12.2 Å². The molecule has 0 aliphatic carbocycles. The van der Waals surface area contributed by atoms with E-state index in [9.17, 15) is 9.90 Å². The van der Waals surface area contributed by atoms with Gasteiger partial charge in [0.2, 0.25) is 0 Å². The average Bonchev–Trinajstić information content (AvgIpc) is 2.49. The number of hydrogen-bond donors (Lipinski definition) is 2. The first-order chi connectivity index (χ1) is 7.33. The summed E-state index contributed by atoms with van der Waals surface area (Å²) in [5.74, 6) is -0.866. The number of carbonyl (C=O) groups is 1. The fourth-order valence-corrected chi connectivity index (χ4v) is 1.69. The number of rotatable bonds is 5. The molecule has 1 rings (SSSR count). The summed E-state index contributed by atoms with van der Waals surface area (Å²) in [4.78, 5) is 11.3. The molecular formula is C11H19N3O2. The maximum atomic E-state index is 11.3. The Morgan fingerprint density at radius 2 is 2.31 bits per heavy atom. The Labute approximate surface area is 95.5 Å². The first-order valence-corrected chi connectivity index (χ1v) is 5.33. The second-order valence-electron chi connectivity index (χ2n) is 4.65. The van der Waals surface area contributed by atoms with E-state index in [-0.39, 0.29) is 6.04 Å². The SMILES string of the molecule is Cc1cnn(CC(C)(NC(C)C)C(=O)O)c1. The summed E-state index contributed by atoms with van der Waals surface area (Å²) in [6.07, 6.45) is 3.56. The topological polar surface area (TPSA) is 67.2 Å². The molecule has 1 aromatic rings. The molecule has 1 unspecified atom stereocenters. The molecule has 0 amide bonds. The number of hydrogen-bond acceptors (Lipinski definition) is 3. The number of aryl methyl sites for hydroxylation is 1. The zero-order valence-corrected chi connectivity index (χ0v) is 10.2. The Bertz CT molecular complexity index is 373. The van der Waals surface area contributed by atoms with Gasteiger partial charge in [-0.05, 0) is 33.3 Å². The van der Waals surface area contributed by atoms with Gasteiger partial charge in [-0.25, -0.2) is 0 Å². The van der Waals surface area contributed by atoms with E-state index in [1.165, 1.54) is 0 Å². The van der Waals surface area contributed by atoms with E-state index in [0.717, 1.165) is 5.56 Å². The molecule has 0 saturated carbocycles. The molecular weight excluding hydrogens is 206 g/mol. The minimum atomic E-state index is -0.993. The van der Waals surface area contributed by atoms with Crippen molar-refractivity contribution in [3.63, 3.8) is 0 Å². The molecule has 16 heavy (non-hydrogen) atoms. The van der Waals surface area contributed by atoms with Crippen molar-refractivity contribution in [2.75, 3.05) is 0 Å². The van der Waals surface area contributed by atoms with Gasteiger partial charge in [-0.2, -0.15) is 5.10 Å². The normalized spacial score (nSPS) is 15.1. The van der Waals surface area contributed by atoms with E-state index in [4.69, 9.17) is 0 Å². The number of aromatic nitrogens is 2. The molecule has 1 aromatic heterocycles. The lowest BCUT2D eigenvalue weighted by molar-refractivity contribution is -0.145. The van der Waals surface area contributed by atoms with Crippen LogP contribution in [0, 0.1) is 6.92 Å². The third-order valence-corrected chi connectivity index (χ3v) is 2.32. The summed E-state index contributed by atoms with van der Waals surface area (Å²) >= 11 is 0. The summed E-state index contributed by atoms with van der Waals surface area (Å²) in [6.45, 7) is 7.77. The molecule has 90 valence electrons. The average molecular weight is 225 g/mol. The van der Waals surface area contributed by atoms with Crippen LogP contribution in [-0.4, -0.2) is 32.4 Å². The minimum absolute atomic E-state index is 0.109. The molecule has 5 nitrogen and oxygen atoms in total. The van der Waals surface area contributed by atoms with Gasteiger partial charge < -0.3 is 5.11 Å². The summed E-state index contributed by atoms with van der Waals surface area (Å²) in [6, 6.07) is 0.109. The van der Waals surface area contributed by atoms with Crippen LogP contribution in [-0.2, 0) is 11.3 Å². The molecule has 0 radical (unpaired) electrons. The number of carboxylic acid groups (broad SMARTS) is 1. The van der Waals surface area contributed by atoms with Gasteiger partial charge in [0.05, 0.1) is 12.7 Å². The maximum Gasteiger partial charge on any atom is 0.325 e. The fourth-order valence-electron chi connectivity index (χ4n) is 1.69. The van der Waals surface area contributed by atoms with E-state index in [2.05, 4.69) is 10.4 Å². The number of nitrogens with zero attached hydrogens (tertiary/aromatic N) is 2. The molecule has 5 heteroatoms. The van der Waals surface area contributed by atoms with Crippen LogP contribution in [0.2, 0.25) is 0 Å². The first kappa shape index (κ1) is 12.7. The van der Waals surface area contributed by atoms with Crippen LogP contribution >= 0.6 is 0 Å². The van der Waals surface area contributed by atoms with Crippen LogP contribution in [0.1, 0.15) is 26.3 Å². The van der Waals surface area contributed by atoms with E-state index in [1.54, 1.807) is 17.8 Å². The van der Waals surface area contributed by atoms with Gasteiger partial charge in [0.25, 0.3) is 0 Å². The van der Waals surface area contributed by atoms with Crippen molar-refractivity contribution in [2.24, 2.45) is 0 Å². The number of nitrogens with one attached hydrogen (secondary N) is 1. The quantitative estimate of drug-likeness (QED) is 0.785. The van der Waals surface area contributed by atoms with Crippen molar-refractivity contribution >= 4 is 5.97 Å². The highest BCUT2D eigenvalue weighted by Gasteiger charge is 2.34. The van der Waals surface area contributed by atoms with Gasteiger partial charge in [0.15, 0.2) is 0 Å². The number of aliphatic carboxylic acids is 1. The zero-order chi connectivity index (χ0) is 12.3. The summed E-state index contributed by atoms with van der Waals surface area (Å²) in [5, 5.41) is 16.4. The highest BCUT2D eigenvalue weighted by atomic mass is 16.4. The van der Waals surface area contributed by atoms with Crippen LogP contribution in [0.5, 0.6) is 0 Å². The number of carboxylic acids is 1. The van der Waals surface area contributed by atoms with Crippen molar-refractivity contribution in [2.45, 2.75) is 45.8 Å². The second kappa shape index (κ2) is 4.65. The molecule has 1 atom stereocenters. The van der Waals surface area contributed by atoms with Crippen molar-refractivity contribution < 1.29 is 9.90 Å². The standard InChI is InChI=1S/C11H19N3O2/c1-8(2)13-11(4,10(15)16)7-14-6-9(3)5-12-14/h5-6,8,13H,7H2,1-4H3,(H,15,16). The highest BCUT2D eigenvalue weighted by Crippen LogP contribution is 2.10. The van der Waals surface area contributed by atoms with Crippen LogP contribution in [0.4, 0.5) is 0 Å². The van der Waals surface area contributed by atoms with E-state index in [1.807, 2.05) is 27.0 Å². The molecule has 0 fully saturated rings. The predicted molar refractivity (Wildman–Crippen MR) is 61.3 cm³/mol. The molecule has 2 N–H and O–H groups in total. The van der Waals surface area contributed by atoms with E-state index < -0.39 is 11.5 Å². The fraction of sp³-hybridized carbons (Fsp3) is 0.636. The Kier molecular flexibility index (Phi) is 3.70. The third kappa shape index (κ3) is 3.06. The van der Waals surface area contributed by atoms with Gasteiger partial charge in [-0.3, -0.25) is 14.8 Å². The lowest BCUT2D eigenvalue weighted by Crippen LogP contribution is -2.55. The Balaban J connectivity index is 2.82. The minimum Gasteiger partial charge on any atom is -0.480 e. The van der Waals surface area contributed by atoms with Gasteiger partial charge in [-0.1, -0.05) is 0 Å². The molecule has 0 bridgehead atoms. The van der Waals surface area contributed by atoms with Crippen LogP contribution in [0.25, 0.3) is 0 Å². The Hall–Kier alpha value is -1.36. The molecule has 0 aliphatic rings. The summed E-state index contributed by atoms with van der Waals surface area (Å²) in [7, 11) is 0. The van der Waals surface area contributed by atoms with Gasteiger partial charge >= 0.3 is 5.97 Å². The molecule has 0 spiro atoms. The van der Waals surface area contributed by atoms with E-state index in [0.29, 0.717) is 6.54 Å². The molecule has 0 aromatic carbocycles.